The van der Waals surface area contributed by atoms with E-state index in [2.05, 4.69) is 17.3 Å². The van der Waals surface area contributed by atoms with E-state index >= 15 is 0 Å². The van der Waals surface area contributed by atoms with Crippen molar-refractivity contribution in [1.29, 1.82) is 0 Å². The molecule has 2 heterocycles. The molecule has 1 aliphatic rings. The quantitative estimate of drug-likeness (QED) is 0.716. The third-order valence-corrected chi connectivity index (χ3v) is 5.86. The van der Waals surface area contributed by atoms with Crippen molar-refractivity contribution in [2.45, 2.75) is 32.2 Å². The molecule has 1 amide bonds. The van der Waals surface area contributed by atoms with Crippen molar-refractivity contribution in [3.05, 3.63) is 69.9 Å². The first kappa shape index (κ1) is 19.4. The van der Waals surface area contributed by atoms with Crippen LogP contribution in [0, 0.1) is 6.92 Å². The minimum atomic E-state index is -0.206. The van der Waals surface area contributed by atoms with Gasteiger partial charge in [0, 0.05) is 23.7 Å². The van der Waals surface area contributed by atoms with E-state index in [9.17, 15) is 9.59 Å². The molecule has 1 saturated heterocycles. The number of benzene rings is 2. The van der Waals surface area contributed by atoms with Gasteiger partial charge in [0.05, 0.1) is 10.9 Å². The molecule has 1 N–H and O–H groups in total. The minimum absolute atomic E-state index is 0.104. The van der Waals surface area contributed by atoms with Gasteiger partial charge in [0.15, 0.2) is 11.0 Å². The first-order chi connectivity index (χ1) is 14.1. The normalized spacial score (nSPS) is 17.0. The van der Waals surface area contributed by atoms with E-state index < -0.39 is 0 Å². The molecule has 5 heteroatoms. The zero-order valence-corrected chi connectivity index (χ0v) is 16.9. The van der Waals surface area contributed by atoms with E-state index in [0.717, 1.165) is 18.5 Å². The van der Waals surface area contributed by atoms with Crippen LogP contribution in [0.4, 0.5) is 0 Å². The van der Waals surface area contributed by atoms with Gasteiger partial charge in [0.2, 0.25) is 0 Å². The first-order valence-corrected chi connectivity index (χ1v) is 10.2. The molecule has 150 valence electrons. The van der Waals surface area contributed by atoms with E-state index in [0.29, 0.717) is 40.4 Å². The number of fused-ring (bicyclic) bond motifs is 1. The molecule has 1 aromatic heterocycles. The smallest absolute Gasteiger partial charge is 0.255 e. The van der Waals surface area contributed by atoms with E-state index in [1.54, 1.807) is 25.1 Å². The Morgan fingerprint density at radius 2 is 1.97 bits per heavy atom. The molecule has 1 atom stereocenters. The highest BCUT2D eigenvalue weighted by Crippen LogP contribution is 2.27. The van der Waals surface area contributed by atoms with Gasteiger partial charge >= 0.3 is 0 Å². The standard InChI is InChI=1S/C24H26N2O3/c1-16-21(27)19-11-6-12-20(23(19)29-22(16)17-8-4-3-5-9-17)24(28)25-14-13-18-10-7-15-26(18)2/h3-6,8-9,11-12,18H,7,10,13-15H2,1-2H3,(H,25,28). The summed E-state index contributed by atoms with van der Waals surface area (Å²) in [5.74, 6) is 0.304. The van der Waals surface area contributed by atoms with Crippen LogP contribution in [0.15, 0.2) is 57.7 Å². The third-order valence-electron chi connectivity index (χ3n) is 5.86. The fourth-order valence-electron chi connectivity index (χ4n) is 4.14. The Balaban J connectivity index is 1.65. The van der Waals surface area contributed by atoms with Crippen LogP contribution in [-0.2, 0) is 0 Å². The number of amides is 1. The lowest BCUT2D eigenvalue weighted by atomic mass is 10.0. The molecular formula is C24H26N2O3. The van der Waals surface area contributed by atoms with Crippen molar-refractivity contribution < 1.29 is 9.21 Å². The second kappa shape index (κ2) is 8.21. The SMILES string of the molecule is Cc1c(-c2ccccc2)oc2c(C(=O)NCCC3CCCN3C)cccc2c1=O. The predicted octanol–water partition coefficient (Wildman–Crippen LogP) is 3.98. The van der Waals surface area contributed by atoms with Crippen molar-refractivity contribution in [3.8, 4) is 11.3 Å². The van der Waals surface area contributed by atoms with E-state index in [1.165, 1.54) is 12.8 Å². The van der Waals surface area contributed by atoms with Gasteiger partial charge in [-0.1, -0.05) is 36.4 Å². The van der Waals surface area contributed by atoms with Crippen LogP contribution in [0.5, 0.6) is 0 Å². The largest absolute Gasteiger partial charge is 0.455 e. The van der Waals surface area contributed by atoms with Gasteiger partial charge in [-0.25, -0.2) is 0 Å². The molecular weight excluding hydrogens is 364 g/mol. The Labute approximate surface area is 170 Å². The Morgan fingerprint density at radius 3 is 2.69 bits per heavy atom. The highest BCUT2D eigenvalue weighted by molar-refractivity contribution is 6.05. The number of carbonyl (C=O) groups is 1. The summed E-state index contributed by atoms with van der Waals surface area (Å²) < 4.78 is 6.14. The van der Waals surface area contributed by atoms with Gasteiger partial charge in [0.1, 0.15) is 5.76 Å². The maximum Gasteiger partial charge on any atom is 0.255 e. The van der Waals surface area contributed by atoms with Crippen LogP contribution in [-0.4, -0.2) is 37.0 Å². The average molecular weight is 390 g/mol. The monoisotopic (exact) mass is 390 g/mol. The van der Waals surface area contributed by atoms with Crippen molar-refractivity contribution in [3.63, 3.8) is 0 Å². The molecule has 0 spiro atoms. The van der Waals surface area contributed by atoms with Crippen LogP contribution in [0.2, 0.25) is 0 Å². The second-order valence-corrected chi connectivity index (χ2v) is 7.75. The molecule has 3 aromatic rings. The van der Waals surface area contributed by atoms with E-state index in [4.69, 9.17) is 4.42 Å². The summed E-state index contributed by atoms with van der Waals surface area (Å²) in [6, 6.07) is 15.2. The van der Waals surface area contributed by atoms with Crippen molar-refractivity contribution in [1.82, 2.24) is 10.2 Å². The second-order valence-electron chi connectivity index (χ2n) is 7.75. The lowest BCUT2D eigenvalue weighted by Crippen LogP contribution is -2.32. The molecule has 29 heavy (non-hydrogen) atoms. The lowest BCUT2D eigenvalue weighted by Gasteiger charge is -2.19. The number of nitrogens with zero attached hydrogens (tertiary/aromatic N) is 1. The van der Waals surface area contributed by atoms with Crippen LogP contribution < -0.4 is 10.7 Å². The fraction of sp³-hybridized carbons (Fsp3) is 0.333. The van der Waals surface area contributed by atoms with Crippen LogP contribution in [0.25, 0.3) is 22.3 Å². The van der Waals surface area contributed by atoms with E-state index in [-0.39, 0.29) is 11.3 Å². The first-order valence-electron chi connectivity index (χ1n) is 10.2. The third kappa shape index (κ3) is 3.83. The number of para-hydroxylation sites is 1. The number of rotatable bonds is 5. The Morgan fingerprint density at radius 1 is 1.17 bits per heavy atom. The summed E-state index contributed by atoms with van der Waals surface area (Å²) in [5.41, 5.74) is 2.01. The molecule has 0 aliphatic carbocycles. The number of nitrogens with one attached hydrogen (secondary N) is 1. The molecule has 4 rings (SSSR count). The minimum Gasteiger partial charge on any atom is -0.455 e. The Hall–Kier alpha value is -2.92. The van der Waals surface area contributed by atoms with Gasteiger partial charge in [0.25, 0.3) is 5.91 Å². The summed E-state index contributed by atoms with van der Waals surface area (Å²) in [7, 11) is 2.13. The van der Waals surface area contributed by atoms with Crippen LogP contribution in [0.1, 0.15) is 35.2 Å². The number of carbonyl (C=O) groups excluding carboxylic acids is 1. The zero-order chi connectivity index (χ0) is 20.4. The highest BCUT2D eigenvalue weighted by atomic mass is 16.3. The lowest BCUT2D eigenvalue weighted by molar-refractivity contribution is 0.0951. The van der Waals surface area contributed by atoms with Crippen LogP contribution >= 0.6 is 0 Å². The number of hydrogen-bond donors (Lipinski definition) is 1. The number of hydrogen-bond acceptors (Lipinski definition) is 4. The van der Waals surface area contributed by atoms with Crippen molar-refractivity contribution >= 4 is 16.9 Å². The Bertz CT molecular complexity index is 1090. The van der Waals surface area contributed by atoms with Crippen molar-refractivity contribution in [2.75, 3.05) is 20.1 Å². The number of likely N-dealkylation sites (tertiary alicyclic amines) is 1. The molecule has 0 bridgehead atoms. The Kier molecular flexibility index (Phi) is 5.49. The molecule has 1 aliphatic heterocycles. The summed E-state index contributed by atoms with van der Waals surface area (Å²) in [4.78, 5) is 28.1. The van der Waals surface area contributed by atoms with Gasteiger partial charge in [-0.05, 0) is 51.9 Å². The van der Waals surface area contributed by atoms with Gasteiger partial charge in [-0.2, -0.15) is 0 Å². The average Bonchev–Trinajstić information content (AvgIpc) is 3.15. The molecule has 0 radical (unpaired) electrons. The fourth-order valence-corrected chi connectivity index (χ4v) is 4.14. The van der Waals surface area contributed by atoms with Gasteiger partial charge in [-0.3, -0.25) is 9.59 Å². The van der Waals surface area contributed by atoms with E-state index in [1.807, 2.05) is 30.3 Å². The van der Waals surface area contributed by atoms with Gasteiger partial charge < -0.3 is 14.6 Å². The molecule has 2 aromatic carbocycles. The topological polar surface area (TPSA) is 62.6 Å². The summed E-state index contributed by atoms with van der Waals surface area (Å²) in [6.07, 6.45) is 3.31. The molecule has 0 saturated carbocycles. The maximum absolute atomic E-state index is 12.9. The van der Waals surface area contributed by atoms with Crippen molar-refractivity contribution in [2.24, 2.45) is 0 Å². The summed E-state index contributed by atoms with van der Waals surface area (Å²) in [5, 5.41) is 3.44. The van der Waals surface area contributed by atoms with Crippen LogP contribution in [0.3, 0.4) is 0 Å². The zero-order valence-electron chi connectivity index (χ0n) is 16.9. The summed E-state index contributed by atoms with van der Waals surface area (Å²) in [6.45, 7) is 3.49. The molecule has 5 nitrogen and oxygen atoms in total. The highest BCUT2D eigenvalue weighted by Gasteiger charge is 2.21. The van der Waals surface area contributed by atoms with Gasteiger partial charge in [-0.15, -0.1) is 0 Å². The summed E-state index contributed by atoms with van der Waals surface area (Å²) >= 11 is 0. The maximum atomic E-state index is 12.9. The predicted molar refractivity (Wildman–Crippen MR) is 115 cm³/mol. The molecule has 1 fully saturated rings. The molecule has 1 unspecified atom stereocenters.